The van der Waals surface area contributed by atoms with Gasteiger partial charge in [0, 0.05) is 36.3 Å². The number of rotatable bonds is 2. The first-order chi connectivity index (χ1) is 13.2. The van der Waals surface area contributed by atoms with Crippen LogP contribution in [0.25, 0.3) is 16.6 Å². The first-order valence-corrected chi connectivity index (χ1v) is 9.46. The van der Waals surface area contributed by atoms with Crippen molar-refractivity contribution in [3.05, 3.63) is 60.3 Å². The average Bonchev–Trinajstić information content (AvgIpc) is 3.16. The molecule has 1 aliphatic rings. The van der Waals surface area contributed by atoms with Gasteiger partial charge in [0.25, 0.3) is 5.78 Å². The van der Waals surface area contributed by atoms with Crippen LogP contribution in [-0.4, -0.2) is 37.7 Å². The van der Waals surface area contributed by atoms with Crippen LogP contribution in [0.4, 0.5) is 5.82 Å². The van der Waals surface area contributed by atoms with Gasteiger partial charge in [-0.25, -0.2) is 14.5 Å². The van der Waals surface area contributed by atoms with E-state index in [0.29, 0.717) is 17.6 Å². The summed E-state index contributed by atoms with van der Waals surface area (Å²) in [6, 6.07) is 12.7. The summed E-state index contributed by atoms with van der Waals surface area (Å²) in [5.41, 5.74) is 2.17. The molecule has 6 nitrogen and oxygen atoms in total. The molecule has 1 aromatic carbocycles. The number of hydrogen-bond donors (Lipinski definition) is 0. The fraction of sp³-hybridized carbons (Fsp3) is 0.333. The maximum atomic E-state index is 4.73. The van der Waals surface area contributed by atoms with Gasteiger partial charge >= 0.3 is 0 Å². The van der Waals surface area contributed by atoms with E-state index < -0.39 is 0 Å². The van der Waals surface area contributed by atoms with Gasteiger partial charge in [-0.3, -0.25) is 0 Å². The molecule has 6 heteroatoms. The molecule has 1 fully saturated rings. The number of anilines is 1. The lowest BCUT2D eigenvalue weighted by Gasteiger charge is -2.38. The molecule has 1 aliphatic heterocycles. The molecule has 0 spiro atoms. The monoisotopic (exact) mass is 358 g/mol. The molecular weight excluding hydrogens is 336 g/mol. The molecule has 0 unspecified atom stereocenters. The number of fused-ring (bicyclic) bond motifs is 2. The molecule has 3 aromatic heterocycles. The molecule has 5 rings (SSSR count). The molecule has 1 saturated heterocycles. The summed E-state index contributed by atoms with van der Waals surface area (Å²) >= 11 is 0. The molecule has 4 aromatic rings. The van der Waals surface area contributed by atoms with Gasteiger partial charge in [0.15, 0.2) is 0 Å². The smallest absolute Gasteiger partial charge is 0.252 e. The minimum atomic E-state index is 0.352. The van der Waals surface area contributed by atoms with Crippen molar-refractivity contribution < 1.29 is 0 Å². The second-order valence-corrected chi connectivity index (χ2v) is 7.47. The number of aryl methyl sites for hydroxylation is 1. The van der Waals surface area contributed by atoms with E-state index in [0.717, 1.165) is 31.0 Å². The summed E-state index contributed by atoms with van der Waals surface area (Å²) in [6.45, 7) is 6.29. The van der Waals surface area contributed by atoms with Crippen molar-refractivity contribution in [2.75, 3.05) is 18.0 Å². The van der Waals surface area contributed by atoms with Crippen molar-refractivity contribution in [1.82, 2.24) is 24.6 Å². The number of aromatic nitrogens is 5. The van der Waals surface area contributed by atoms with Gasteiger partial charge in [-0.2, -0.15) is 10.1 Å². The molecule has 2 atom stereocenters. The van der Waals surface area contributed by atoms with Crippen LogP contribution in [0.15, 0.2) is 48.9 Å². The predicted octanol–water partition coefficient (Wildman–Crippen LogP) is 3.61. The largest absolute Gasteiger partial charge is 0.355 e. The lowest BCUT2D eigenvalue weighted by molar-refractivity contribution is 0.368. The Balaban J connectivity index is 1.57. The zero-order chi connectivity index (χ0) is 18.4. The highest BCUT2D eigenvalue weighted by molar-refractivity contribution is 5.92. The van der Waals surface area contributed by atoms with E-state index in [4.69, 9.17) is 4.98 Å². The molecule has 0 N–H and O–H groups in total. The van der Waals surface area contributed by atoms with Crippen LogP contribution < -0.4 is 4.90 Å². The average molecular weight is 358 g/mol. The highest BCUT2D eigenvalue weighted by Crippen LogP contribution is 2.35. The number of nitrogens with zero attached hydrogens (tertiary/aromatic N) is 6. The zero-order valence-corrected chi connectivity index (χ0v) is 15.6. The Labute approximate surface area is 157 Å². The van der Waals surface area contributed by atoms with Crippen molar-refractivity contribution >= 4 is 22.4 Å². The summed E-state index contributed by atoms with van der Waals surface area (Å²) < 4.78 is 1.90. The fourth-order valence-electron chi connectivity index (χ4n) is 4.23. The Bertz CT molecular complexity index is 1110. The highest BCUT2D eigenvalue weighted by Gasteiger charge is 2.31. The van der Waals surface area contributed by atoms with E-state index in [9.17, 15) is 0 Å². The summed E-state index contributed by atoms with van der Waals surface area (Å²) in [6.07, 6.45) is 4.62. The Morgan fingerprint density at radius 3 is 2.93 bits per heavy atom. The van der Waals surface area contributed by atoms with Crippen molar-refractivity contribution in [1.29, 1.82) is 0 Å². The third kappa shape index (κ3) is 2.72. The van der Waals surface area contributed by atoms with Crippen molar-refractivity contribution in [3.8, 4) is 0 Å². The van der Waals surface area contributed by atoms with Crippen LogP contribution >= 0.6 is 0 Å². The van der Waals surface area contributed by atoms with Gasteiger partial charge in [0.2, 0.25) is 0 Å². The van der Waals surface area contributed by atoms with Gasteiger partial charge in [0.05, 0.1) is 5.69 Å². The lowest BCUT2D eigenvalue weighted by Crippen LogP contribution is -2.39. The Morgan fingerprint density at radius 1 is 1.11 bits per heavy atom. The summed E-state index contributed by atoms with van der Waals surface area (Å²) in [4.78, 5) is 15.9. The van der Waals surface area contributed by atoms with E-state index in [1.54, 1.807) is 6.33 Å². The number of piperidine rings is 1. The second kappa shape index (κ2) is 6.30. The topological polar surface area (TPSA) is 59.2 Å². The quantitative estimate of drug-likeness (QED) is 0.548. The standard InChI is InChI=1S/C21H22N6/c1-14-8-10-26(20-17-6-4-3-5-16(17)7-9-22-20)12-18(14)19-11-15(2)25-21-23-13-24-27(19)21/h3-7,9,11,13-14,18H,8,10,12H2,1-2H3/t14-,18-/m1/s1. The predicted molar refractivity (Wildman–Crippen MR) is 106 cm³/mol. The normalized spacial score (nSPS) is 20.4. The molecule has 0 aliphatic carbocycles. The van der Waals surface area contributed by atoms with Crippen LogP contribution in [0.1, 0.15) is 30.7 Å². The molecule has 0 saturated carbocycles. The van der Waals surface area contributed by atoms with Crippen LogP contribution in [0.5, 0.6) is 0 Å². The van der Waals surface area contributed by atoms with E-state index >= 15 is 0 Å². The summed E-state index contributed by atoms with van der Waals surface area (Å²) in [5, 5.41) is 6.87. The van der Waals surface area contributed by atoms with Gasteiger partial charge in [0.1, 0.15) is 12.1 Å². The van der Waals surface area contributed by atoms with Crippen LogP contribution in [0.2, 0.25) is 0 Å². The van der Waals surface area contributed by atoms with Crippen molar-refractivity contribution in [2.24, 2.45) is 5.92 Å². The molecule has 4 heterocycles. The number of pyridine rings is 1. The van der Waals surface area contributed by atoms with Gasteiger partial charge in [-0.15, -0.1) is 0 Å². The molecule has 0 bridgehead atoms. The van der Waals surface area contributed by atoms with Crippen molar-refractivity contribution in [3.63, 3.8) is 0 Å². The van der Waals surface area contributed by atoms with E-state index in [1.165, 1.54) is 16.5 Å². The maximum absolute atomic E-state index is 4.73. The zero-order valence-electron chi connectivity index (χ0n) is 15.6. The highest BCUT2D eigenvalue weighted by atomic mass is 15.3. The molecule has 0 amide bonds. The molecule has 27 heavy (non-hydrogen) atoms. The summed E-state index contributed by atoms with van der Waals surface area (Å²) in [5.74, 6) is 2.67. The molecule has 136 valence electrons. The SMILES string of the molecule is Cc1cc([C@@H]2CN(c3nccc4ccccc34)CC[C@H]2C)n2ncnc2n1. The minimum absolute atomic E-state index is 0.352. The first kappa shape index (κ1) is 16.2. The van der Waals surface area contributed by atoms with Gasteiger partial charge in [-0.1, -0.05) is 31.2 Å². The Kier molecular flexibility index (Phi) is 3.77. The second-order valence-electron chi connectivity index (χ2n) is 7.47. The number of hydrogen-bond acceptors (Lipinski definition) is 5. The van der Waals surface area contributed by atoms with E-state index in [-0.39, 0.29) is 0 Å². The molecular formula is C21H22N6. The maximum Gasteiger partial charge on any atom is 0.252 e. The van der Waals surface area contributed by atoms with Gasteiger partial charge in [-0.05, 0) is 36.8 Å². The minimum Gasteiger partial charge on any atom is -0.355 e. The Hall–Kier alpha value is -3.02. The first-order valence-electron chi connectivity index (χ1n) is 9.46. The molecule has 0 radical (unpaired) electrons. The van der Waals surface area contributed by atoms with Gasteiger partial charge < -0.3 is 4.90 Å². The summed E-state index contributed by atoms with van der Waals surface area (Å²) in [7, 11) is 0. The van der Waals surface area contributed by atoms with E-state index in [1.807, 2.05) is 17.6 Å². The fourth-order valence-corrected chi connectivity index (χ4v) is 4.23. The van der Waals surface area contributed by atoms with Crippen LogP contribution in [0, 0.1) is 12.8 Å². The lowest BCUT2D eigenvalue weighted by atomic mass is 9.84. The third-order valence-electron chi connectivity index (χ3n) is 5.70. The Morgan fingerprint density at radius 2 is 2.00 bits per heavy atom. The van der Waals surface area contributed by atoms with Crippen LogP contribution in [-0.2, 0) is 0 Å². The van der Waals surface area contributed by atoms with Crippen molar-refractivity contribution in [2.45, 2.75) is 26.2 Å². The number of benzene rings is 1. The van der Waals surface area contributed by atoms with E-state index in [2.05, 4.69) is 63.3 Å². The third-order valence-corrected chi connectivity index (χ3v) is 5.70. The van der Waals surface area contributed by atoms with Crippen LogP contribution in [0.3, 0.4) is 0 Å².